The molecule has 3 heterocycles. The van der Waals surface area contributed by atoms with E-state index >= 15 is 0 Å². The lowest BCUT2D eigenvalue weighted by molar-refractivity contribution is 0.0761. The highest BCUT2D eigenvalue weighted by Gasteiger charge is 2.31. The number of hydrogen-bond acceptors (Lipinski definition) is 5. The van der Waals surface area contributed by atoms with Crippen molar-refractivity contribution in [2.75, 3.05) is 12.3 Å². The van der Waals surface area contributed by atoms with Crippen LogP contribution in [0.4, 0.5) is 0 Å². The molecule has 2 aromatic rings. The number of aromatic nitrogens is 2. The second kappa shape index (κ2) is 6.04. The maximum Gasteiger partial charge on any atom is 0.265 e. The zero-order chi connectivity index (χ0) is 15.9. The van der Waals surface area contributed by atoms with Crippen LogP contribution in [0.25, 0.3) is 10.2 Å². The van der Waals surface area contributed by atoms with Gasteiger partial charge in [0.1, 0.15) is 4.83 Å². The number of hydrogen-bond donors (Lipinski definition) is 0. The quantitative estimate of drug-likeness (QED) is 0.864. The minimum Gasteiger partial charge on any atom is -0.325 e. The summed E-state index contributed by atoms with van der Waals surface area (Å²) in [6.45, 7) is 4.78. The first kappa shape index (κ1) is 15.6. The van der Waals surface area contributed by atoms with E-state index in [2.05, 4.69) is 11.9 Å². The van der Waals surface area contributed by atoms with E-state index in [0.29, 0.717) is 15.1 Å². The number of aryl methyl sites for hydroxylation is 2. The Morgan fingerprint density at radius 1 is 1.50 bits per heavy atom. The molecule has 118 valence electrons. The Bertz CT molecular complexity index is 781. The van der Waals surface area contributed by atoms with Gasteiger partial charge in [0.2, 0.25) is 0 Å². The van der Waals surface area contributed by atoms with Crippen LogP contribution in [0.15, 0.2) is 11.1 Å². The van der Waals surface area contributed by atoms with Gasteiger partial charge in [0.25, 0.3) is 11.5 Å². The second-order valence-electron chi connectivity index (χ2n) is 5.51. The number of rotatable bonds is 3. The van der Waals surface area contributed by atoms with Gasteiger partial charge in [-0.05, 0) is 18.9 Å². The Morgan fingerprint density at radius 3 is 3.00 bits per heavy atom. The molecule has 0 radical (unpaired) electrons. The van der Waals surface area contributed by atoms with Crippen molar-refractivity contribution in [2.45, 2.75) is 32.1 Å². The zero-order valence-corrected chi connectivity index (χ0v) is 14.6. The Morgan fingerprint density at radius 2 is 2.27 bits per heavy atom. The predicted molar refractivity (Wildman–Crippen MR) is 91.8 cm³/mol. The van der Waals surface area contributed by atoms with Crippen molar-refractivity contribution >= 4 is 39.2 Å². The van der Waals surface area contributed by atoms with E-state index in [4.69, 9.17) is 0 Å². The van der Waals surface area contributed by atoms with Gasteiger partial charge in [-0.2, -0.15) is 0 Å². The molecule has 0 aromatic carbocycles. The van der Waals surface area contributed by atoms with Crippen LogP contribution < -0.4 is 5.56 Å². The fourth-order valence-corrected chi connectivity index (χ4v) is 5.24. The maximum absolute atomic E-state index is 12.9. The summed E-state index contributed by atoms with van der Waals surface area (Å²) in [5.41, 5.74) is 0.685. The van der Waals surface area contributed by atoms with Gasteiger partial charge in [-0.25, -0.2) is 4.98 Å². The standard InChI is InChI=1S/C15H19N3O2S2/c1-4-5-10-18(6-7-21-10)15(20)12-9(2)11-13(22-12)16-8-17(3)14(11)19/h8,10H,4-7H2,1-3H3/t10-/m1/s1. The molecule has 22 heavy (non-hydrogen) atoms. The number of nitrogens with zero attached hydrogens (tertiary/aromatic N) is 3. The smallest absolute Gasteiger partial charge is 0.265 e. The summed E-state index contributed by atoms with van der Waals surface area (Å²) in [6, 6.07) is 0. The molecule has 0 unspecified atom stereocenters. The van der Waals surface area contributed by atoms with E-state index in [1.54, 1.807) is 7.05 Å². The SMILES string of the molecule is CCC[C@H]1SCCN1C(=O)c1sc2ncn(C)c(=O)c2c1C. The summed E-state index contributed by atoms with van der Waals surface area (Å²) >= 11 is 3.18. The summed E-state index contributed by atoms with van der Waals surface area (Å²) in [5, 5.41) is 0.843. The molecular formula is C15H19N3O2S2. The van der Waals surface area contributed by atoms with Crippen molar-refractivity contribution in [3.05, 3.63) is 27.1 Å². The van der Waals surface area contributed by atoms with Crippen molar-refractivity contribution < 1.29 is 4.79 Å². The molecule has 5 nitrogen and oxygen atoms in total. The van der Waals surface area contributed by atoms with Crippen LogP contribution in [-0.2, 0) is 7.05 Å². The van der Waals surface area contributed by atoms with E-state index in [9.17, 15) is 9.59 Å². The van der Waals surface area contributed by atoms with Crippen LogP contribution in [0.5, 0.6) is 0 Å². The molecule has 1 amide bonds. The van der Waals surface area contributed by atoms with Crippen LogP contribution in [0.1, 0.15) is 35.0 Å². The van der Waals surface area contributed by atoms with Gasteiger partial charge in [0, 0.05) is 19.3 Å². The van der Waals surface area contributed by atoms with Crippen LogP contribution in [0.3, 0.4) is 0 Å². The Labute approximate surface area is 137 Å². The minimum absolute atomic E-state index is 0.0472. The largest absolute Gasteiger partial charge is 0.325 e. The summed E-state index contributed by atoms with van der Waals surface area (Å²) in [7, 11) is 1.68. The summed E-state index contributed by atoms with van der Waals surface area (Å²) in [6.07, 6.45) is 3.59. The highest BCUT2D eigenvalue weighted by Crippen LogP contribution is 2.33. The van der Waals surface area contributed by atoms with Crippen molar-refractivity contribution in [2.24, 2.45) is 7.05 Å². The molecule has 1 aliphatic heterocycles. The molecule has 0 aliphatic carbocycles. The van der Waals surface area contributed by atoms with Gasteiger partial charge in [0.15, 0.2) is 0 Å². The number of fused-ring (bicyclic) bond motifs is 1. The van der Waals surface area contributed by atoms with Crippen molar-refractivity contribution in [3.63, 3.8) is 0 Å². The van der Waals surface area contributed by atoms with Gasteiger partial charge in [0.05, 0.1) is 22.0 Å². The molecular weight excluding hydrogens is 318 g/mol. The lowest BCUT2D eigenvalue weighted by Gasteiger charge is -2.23. The average Bonchev–Trinajstić information content (AvgIpc) is 3.08. The molecule has 0 bridgehead atoms. The van der Waals surface area contributed by atoms with Gasteiger partial charge < -0.3 is 9.47 Å². The van der Waals surface area contributed by atoms with E-state index in [1.165, 1.54) is 22.2 Å². The van der Waals surface area contributed by atoms with E-state index < -0.39 is 0 Å². The summed E-state index contributed by atoms with van der Waals surface area (Å²) in [5.74, 6) is 1.03. The average molecular weight is 337 g/mol. The van der Waals surface area contributed by atoms with E-state index in [-0.39, 0.29) is 16.8 Å². The minimum atomic E-state index is -0.0845. The van der Waals surface area contributed by atoms with Crippen molar-refractivity contribution in [1.82, 2.24) is 14.5 Å². The molecule has 1 aliphatic rings. The fraction of sp³-hybridized carbons (Fsp3) is 0.533. The van der Waals surface area contributed by atoms with E-state index in [1.807, 2.05) is 23.6 Å². The number of carbonyl (C=O) groups excluding carboxylic acids is 1. The third-order valence-corrected chi connectivity index (χ3v) is 6.47. The third kappa shape index (κ3) is 2.46. The lowest BCUT2D eigenvalue weighted by atomic mass is 10.2. The fourth-order valence-electron chi connectivity index (χ4n) is 2.78. The second-order valence-corrected chi connectivity index (χ2v) is 7.79. The highest BCUT2D eigenvalue weighted by atomic mass is 32.2. The van der Waals surface area contributed by atoms with Crippen LogP contribution in [0, 0.1) is 6.92 Å². The van der Waals surface area contributed by atoms with Crippen LogP contribution in [0.2, 0.25) is 0 Å². The van der Waals surface area contributed by atoms with Crippen LogP contribution >= 0.6 is 23.1 Å². The highest BCUT2D eigenvalue weighted by molar-refractivity contribution is 8.00. The van der Waals surface area contributed by atoms with E-state index in [0.717, 1.165) is 30.7 Å². The Kier molecular flexibility index (Phi) is 4.27. The number of thiophene rings is 1. The van der Waals surface area contributed by atoms with Gasteiger partial charge >= 0.3 is 0 Å². The first-order valence-corrected chi connectivity index (χ1v) is 9.28. The normalized spacial score (nSPS) is 18.3. The lowest BCUT2D eigenvalue weighted by Crippen LogP contribution is -2.34. The molecule has 1 saturated heterocycles. The van der Waals surface area contributed by atoms with Gasteiger partial charge in [-0.15, -0.1) is 23.1 Å². The number of carbonyl (C=O) groups is 1. The molecule has 7 heteroatoms. The molecule has 3 rings (SSSR count). The Hall–Kier alpha value is -1.34. The molecule has 0 spiro atoms. The zero-order valence-electron chi connectivity index (χ0n) is 13.0. The third-order valence-electron chi connectivity index (χ3n) is 3.99. The van der Waals surface area contributed by atoms with Crippen molar-refractivity contribution in [1.29, 1.82) is 0 Å². The molecule has 1 atom stereocenters. The van der Waals surface area contributed by atoms with Crippen molar-refractivity contribution in [3.8, 4) is 0 Å². The molecule has 2 aromatic heterocycles. The monoisotopic (exact) mass is 337 g/mol. The summed E-state index contributed by atoms with van der Waals surface area (Å²) in [4.78, 5) is 32.7. The maximum atomic E-state index is 12.9. The topological polar surface area (TPSA) is 55.2 Å². The van der Waals surface area contributed by atoms with Gasteiger partial charge in [-0.3, -0.25) is 9.59 Å². The van der Waals surface area contributed by atoms with Crippen LogP contribution in [-0.4, -0.2) is 38.0 Å². The molecule has 0 saturated carbocycles. The van der Waals surface area contributed by atoms with Gasteiger partial charge in [-0.1, -0.05) is 13.3 Å². The summed E-state index contributed by atoms with van der Waals surface area (Å²) < 4.78 is 1.46. The predicted octanol–water partition coefficient (Wildman–Crippen LogP) is 2.62. The number of amides is 1. The Balaban J connectivity index is 2.03. The first-order chi connectivity index (χ1) is 10.5. The first-order valence-electron chi connectivity index (χ1n) is 7.42. The molecule has 0 N–H and O–H groups in total. The number of thioether (sulfide) groups is 1. The molecule has 1 fully saturated rings.